The smallest absolute Gasteiger partial charge is 0.177 e. The van der Waals surface area contributed by atoms with Crippen LogP contribution in [0.5, 0.6) is 11.5 Å². The third-order valence-electron chi connectivity index (χ3n) is 3.99. The molecule has 0 amide bonds. The number of alkyl halides is 1. The highest BCUT2D eigenvalue weighted by Crippen LogP contribution is 2.36. The average molecular weight is 399 g/mol. The number of ether oxygens (including phenoxy) is 2. The van der Waals surface area contributed by atoms with Crippen LogP contribution in [-0.2, 0) is 0 Å². The van der Waals surface area contributed by atoms with Gasteiger partial charge in [0.2, 0.25) is 0 Å². The lowest BCUT2D eigenvalue weighted by molar-refractivity contribution is 0.100. The first-order chi connectivity index (χ1) is 12.0. The van der Waals surface area contributed by atoms with Gasteiger partial charge in [-0.15, -0.1) is 22.9 Å². The van der Waals surface area contributed by atoms with Crippen LogP contribution in [-0.4, -0.2) is 30.2 Å². The molecule has 0 N–H and O–H groups in total. The highest BCUT2D eigenvalue weighted by Gasteiger charge is 2.15. The number of Topliss-reactive ketones (excluding diaryl/α,β-unsaturated/α-hetero) is 1. The van der Waals surface area contributed by atoms with Crippen LogP contribution in [0.3, 0.4) is 0 Å². The van der Waals surface area contributed by atoms with Gasteiger partial charge in [0.1, 0.15) is 0 Å². The largest absolute Gasteiger partial charge is 0.493 e. The minimum atomic E-state index is 0.0609. The number of carbonyl (C=O) groups is 1. The summed E-state index contributed by atoms with van der Waals surface area (Å²) < 4.78 is 11.6. The number of thiophene rings is 1. The molecule has 0 spiro atoms. The van der Waals surface area contributed by atoms with E-state index in [9.17, 15) is 4.79 Å². The van der Waals surface area contributed by atoms with Crippen LogP contribution < -0.4 is 9.47 Å². The summed E-state index contributed by atoms with van der Waals surface area (Å²) in [5.74, 6) is 1.38. The molecule has 0 aliphatic rings. The van der Waals surface area contributed by atoms with Crippen molar-refractivity contribution in [1.29, 1.82) is 0 Å². The van der Waals surface area contributed by atoms with Crippen molar-refractivity contribution in [3.05, 3.63) is 23.1 Å². The zero-order chi connectivity index (χ0) is 18.4. The Hall–Kier alpha value is -1.17. The number of rotatable bonds is 10. The fraction of sp³-hybridized carbons (Fsp3) is 0.474. The monoisotopic (exact) mass is 398 g/mol. The zero-order valence-corrected chi connectivity index (χ0v) is 17.2. The molecule has 1 heterocycles. The summed E-state index contributed by atoms with van der Waals surface area (Å²) in [6.45, 7) is 2.11. The molecule has 0 saturated carbocycles. The highest BCUT2D eigenvalue weighted by molar-refractivity contribution is 7.80. The molecule has 6 heteroatoms. The summed E-state index contributed by atoms with van der Waals surface area (Å²) in [5.41, 5.74) is 0. The van der Waals surface area contributed by atoms with Gasteiger partial charge in [-0.1, -0.05) is 25.6 Å². The molecule has 0 radical (unpaired) electrons. The van der Waals surface area contributed by atoms with E-state index in [-0.39, 0.29) is 11.2 Å². The van der Waals surface area contributed by atoms with Gasteiger partial charge >= 0.3 is 0 Å². The molecule has 1 aromatic carbocycles. The summed E-state index contributed by atoms with van der Waals surface area (Å²) in [7, 11) is 3.20. The summed E-state index contributed by atoms with van der Waals surface area (Å²) in [6.07, 6.45) is 3.91. The Morgan fingerprint density at radius 3 is 2.52 bits per heavy atom. The predicted molar refractivity (Wildman–Crippen MR) is 110 cm³/mol. The summed E-state index contributed by atoms with van der Waals surface area (Å²) in [6, 6.07) is 5.69. The van der Waals surface area contributed by atoms with E-state index in [1.807, 2.05) is 18.2 Å². The second-order valence-electron chi connectivity index (χ2n) is 5.92. The van der Waals surface area contributed by atoms with Crippen LogP contribution in [0.15, 0.2) is 18.2 Å². The first-order valence-electron chi connectivity index (χ1n) is 8.33. The van der Waals surface area contributed by atoms with E-state index in [4.69, 9.17) is 33.3 Å². The molecule has 1 aromatic heterocycles. The Labute approximate surface area is 163 Å². The number of benzene rings is 1. The highest BCUT2D eigenvalue weighted by atomic mass is 35.5. The van der Waals surface area contributed by atoms with Gasteiger partial charge in [0.15, 0.2) is 17.3 Å². The Kier molecular flexibility index (Phi) is 7.66. The van der Waals surface area contributed by atoms with Gasteiger partial charge in [-0.2, -0.15) is 0 Å². The maximum Gasteiger partial charge on any atom is 0.177 e. The lowest BCUT2D eigenvalue weighted by Crippen LogP contribution is -2.07. The number of hydrogen-bond donors (Lipinski definition) is 0. The van der Waals surface area contributed by atoms with E-state index in [0.717, 1.165) is 40.6 Å². The number of methoxy groups -OCH3 is 2. The molecule has 2 aromatic rings. The third-order valence-corrected chi connectivity index (χ3v) is 5.92. The van der Waals surface area contributed by atoms with Crippen LogP contribution in [0.4, 0.5) is 0 Å². The molecule has 0 bridgehead atoms. The van der Waals surface area contributed by atoms with Crippen molar-refractivity contribution in [2.45, 2.75) is 44.4 Å². The van der Waals surface area contributed by atoms with Gasteiger partial charge in [0, 0.05) is 27.4 Å². The van der Waals surface area contributed by atoms with Crippen LogP contribution in [0, 0.1) is 0 Å². The van der Waals surface area contributed by atoms with Crippen molar-refractivity contribution in [3.63, 3.8) is 0 Å². The van der Waals surface area contributed by atoms with Crippen molar-refractivity contribution in [2.75, 3.05) is 14.2 Å². The van der Waals surface area contributed by atoms with Gasteiger partial charge in [0.05, 0.1) is 19.1 Å². The van der Waals surface area contributed by atoms with Crippen molar-refractivity contribution in [1.82, 2.24) is 0 Å². The Bertz CT molecular complexity index is 713. The maximum atomic E-state index is 12.5. The van der Waals surface area contributed by atoms with Gasteiger partial charge in [-0.3, -0.25) is 4.79 Å². The van der Waals surface area contributed by atoms with Crippen molar-refractivity contribution in [3.8, 4) is 11.5 Å². The quantitative estimate of drug-likeness (QED) is 0.277. The van der Waals surface area contributed by atoms with E-state index in [1.165, 1.54) is 11.3 Å². The molecule has 3 nitrogen and oxygen atoms in total. The number of ketones is 1. The van der Waals surface area contributed by atoms with Crippen molar-refractivity contribution >= 4 is 55.9 Å². The standard InChI is InChI=1S/C19H23ClO3S2/c1-4-5-13(20)6-7-14(24)10-15(21)19-9-12-8-16(22-2)17(23-3)11-18(12)25-19/h8-9,11,13H,4-7,10H2,1-3H3. The minimum Gasteiger partial charge on any atom is -0.493 e. The van der Waals surface area contributed by atoms with Gasteiger partial charge in [-0.25, -0.2) is 0 Å². The summed E-state index contributed by atoms with van der Waals surface area (Å²) >= 11 is 13.1. The molecule has 136 valence electrons. The van der Waals surface area contributed by atoms with Crippen LogP contribution in [0.2, 0.25) is 0 Å². The van der Waals surface area contributed by atoms with Crippen LogP contribution >= 0.6 is 35.2 Å². The van der Waals surface area contributed by atoms with Crippen molar-refractivity contribution < 1.29 is 14.3 Å². The molecule has 0 fully saturated rings. The maximum absolute atomic E-state index is 12.5. The number of hydrogen-bond acceptors (Lipinski definition) is 5. The van der Waals surface area contributed by atoms with Gasteiger partial charge in [0.25, 0.3) is 0 Å². The second kappa shape index (κ2) is 9.51. The molecule has 0 aliphatic heterocycles. The first kappa shape index (κ1) is 20.1. The van der Waals surface area contributed by atoms with Crippen molar-refractivity contribution in [2.24, 2.45) is 0 Å². The van der Waals surface area contributed by atoms with E-state index in [2.05, 4.69) is 6.92 Å². The molecule has 0 aliphatic carbocycles. The fourth-order valence-corrected chi connectivity index (χ4v) is 4.22. The average Bonchev–Trinajstić information content (AvgIpc) is 3.02. The molecule has 1 atom stereocenters. The second-order valence-corrected chi connectivity index (χ2v) is 8.20. The summed E-state index contributed by atoms with van der Waals surface area (Å²) in [5, 5.41) is 1.11. The third kappa shape index (κ3) is 5.40. The first-order valence-corrected chi connectivity index (χ1v) is 9.99. The Morgan fingerprint density at radius 1 is 1.20 bits per heavy atom. The molecule has 1 unspecified atom stereocenters. The minimum absolute atomic E-state index is 0.0609. The number of thiocarbonyl (C=S) groups is 1. The summed E-state index contributed by atoms with van der Waals surface area (Å²) in [4.78, 5) is 14.0. The van der Waals surface area contributed by atoms with E-state index in [1.54, 1.807) is 14.2 Å². The number of halogens is 1. The van der Waals surface area contributed by atoms with Gasteiger partial charge in [-0.05, 0) is 36.8 Å². The SMILES string of the molecule is CCCC(Cl)CCC(=S)CC(=O)c1cc2cc(OC)c(OC)cc2s1. The predicted octanol–water partition coefficient (Wildman–Crippen LogP) is 6.05. The number of carbonyl (C=O) groups excluding carboxylic acids is 1. The molecular formula is C19H23ClO3S2. The lowest BCUT2D eigenvalue weighted by Gasteiger charge is -2.07. The van der Waals surface area contributed by atoms with E-state index >= 15 is 0 Å². The molecule has 0 saturated heterocycles. The van der Waals surface area contributed by atoms with E-state index in [0.29, 0.717) is 22.8 Å². The van der Waals surface area contributed by atoms with E-state index < -0.39 is 0 Å². The number of fused-ring (bicyclic) bond motifs is 1. The molecule has 2 rings (SSSR count). The topological polar surface area (TPSA) is 35.5 Å². The van der Waals surface area contributed by atoms with Crippen LogP contribution in [0.1, 0.15) is 48.7 Å². The molecular weight excluding hydrogens is 376 g/mol. The molecule has 25 heavy (non-hydrogen) atoms. The van der Waals surface area contributed by atoms with Crippen LogP contribution in [0.25, 0.3) is 10.1 Å². The normalized spacial score (nSPS) is 12.2. The zero-order valence-electron chi connectivity index (χ0n) is 14.8. The Morgan fingerprint density at radius 2 is 1.88 bits per heavy atom. The lowest BCUT2D eigenvalue weighted by atomic mass is 10.1. The Balaban J connectivity index is 2.05. The fourth-order valence-electron chi connectivity index (χ4n) is 2.63. The van der Waals surface area contributed by atoms with Gasteiger partial charge < -0.3 is 9.47 Å².